The number of carbonyl (C=O) groups excluding carboxylic acids is 1. The predicted octanol–water partition coefficient (Wildman–Crippen LogP) is 8.06. The molecule has 2 aromatic carbocycles. The molecule has 1 aliphatic carbocycles. The molecule has 0 spiro atoms. The molecule has 0 saturated heterocycles. The molecule has 6 nitrogen and oxygen atoms in total. The maximum Gasteiger partial charge on any atom is 0.221 e. The molecular weight excluding hydrogens is 536 g/mol. The molecule has 172 valence electrons. The van der Waals surface area contributed by atoms with Crippen LogP contribution in [0, 0.1) is 6.92 Å². The van der Waals surface area contributed by atoms with Crippen molar-refractivity contribution in [3.8, 4) is 5.75 Å². The number of ether oxygens (including phenoxy) is 1. The lowest BCUT2D eigenvalue weighted by Crippen LogP contribution is -2.37. The van der Waals surface area contributed by atoms with Crippen LogP contribution in [0.3, 0.4) is 0 Å². The fourth-order valence-corrected chi connectivity index (χ4v) is 5.80. The molecule has 1 amide bonds. The number of nitrogens with one attached hydrogen (secondary N) is 1. The van der Waals surface area contributed by atoms with Gasteiger partial charge in [0, 0.05) is 34.5 Å². The maximum absolute atomic E-state index is 11.9. The molecule has 0 atom stereocenters. The molecular formula is C24H30Br2N4O2. The molecule has 2 aromatic rings. The van der Waals surface area contributed by atoms with E-state index in [0.717, 1.165) is 32.5 Å². The third kappa shape index (κ3) is 5.90. The number of amides is 1. The minimum absolute atomic E-state index is 0.157. The Hall–Kier alpha value is -1.93. The number of hydrogen-bond acceptors (Lipinski definition) is 5. The molecule has 3 rings (SSSR count). The highest BCUT2D eigenvalue weighted by Crippen LogP contribution is 2.42. The molecule has 32 heavy (non-hydrogen) atoms. The summed E-state index contributed by atoms with van der Waals surface area (Å²) in [6, 6.07) is 8.26. The Labute approximate surface area is 207 Å². The summed E-state index contributed by atoms with van der Waals surface area (Å²) in [5.41, 5.74) is 3.92. The van der Waals surface area contributed by atoms with Gasteiger partial charge in [0.15, 0.2) is 0 Å². The van der Waals surface area contributed by atoms with Crippen molar-refractivity contribution in [2.45, 2.75) is 58.9 Å². The Kier molecular flexibility index (Phi) is 8.71. The van der Waals surface area contributed by atoms with E-state index in [0.29, 0.717) is 23.1 Å². The van der Waals surface area contributed by atoms with Crippen LogP contribution in [-0.2, 0) is 4.79 Å². The van der Waals surface area contributed by atoms with Crippen molar-refractivity contribution in [3.05, 3.63) is 38.8 Å². The van der Waals surface area contributed by atoms with Gasteiger partial charge >= 0.3 is 0 Å². The number of carbonyl (C=O) groups is 1. The van der Waals surface area contributed by atoms with E-state index in [4.69, 9.17) is 4.74 Å². The highest BCUT2D eigenvalue weighted by Gasteiger charge is 2.24. The Morgan fingerprint density at radius 1 is 1.12 bits per heavy atom. The standard InChI is InChI=1S/C24H30Br2N4O2/c1-5-30(17-9-7-6-8-10-17)22-13-20(27-16(3)31)21(14-23(22)32-4)28-29-24-18(25)11-15(2)12-19(24)26/h11-14,17H,5-10H2,1-4H3,(H,27,31). The van der Waals surface area contributed by atoms with Gasteiger partial charge in [-0.2, -0.15) is 0 Å². The number of methoxy groups -OCH3 is 1. The van der Waals surface area contributed by atoms with Crippen LogP contribution < -0.4 is 15.0 Å². The third-order valence-electron chi connectivity index (χ3n) is 5.69. The van der Waals surface area contributed by atoms with Crippen LogP contribution in [0.5, 0.6) is 5.75 Å². The second-order valence-electron chi connectivity index (χ2n) is 8.08. The van der Waals surface area contributed by atoms with E-state index in [2.05, 4.69) is 59.2 Å². The number of halogens is 2. The average Bonchev–Trinajstić information content (AvgIpc) is 2.75. The van der Waals surface area contributed by atoms with E-state index in [1.807, 2.05) is 31.2 Å². The summed E-state index contributed by atoms with van der Waals surface area (Å²) in [4.78, 5) is 14.3. The van der Waals surface area contributed by atoms with E-state index in [-0.39, 0.29) is 5.91 Å². The van der Waals surface area contributed by atoms with Gasteiger partial charge in [0.05, 0.1) is 18.5 Å². The quantitative estimate of drug-likeness (QED) is 0.345. The van der Waals surface area contributed by atoms with Crippen LogP contribution in [0.2, 0.25) is 0 Å². The van der Waals surface area contributed by atoms with E-state index in [1.54, 1.807) is 7.11 Å². The van der Waals surface area contributed by atoms with Gasteiger partial charge in [-0.15, -0.1) is 10.2 Å². The van der Waals surface area contributed by atoms with Crippen molar-refractivity contribution < 1.29 is 9.53 Å². The first-order chi connectivity index (χ1) is 15.3. The second kappa shape index (κ2) is 11.3. The minimum atomic E-state index is -0.157. The largest absolute Gasteiger partial charge is 0.494 e. The van der Waals surface area contributed by atoms with E-state index >= 15 is 0 Å². The SMILES string of the molecule is CCN(c1cc(NC(C)=O)c(N=Nc2c(Br)cc(C)cc2Br)cc1OC)C1CCCCC1. The fourth-order valence-electron chi connectivity index (χ4n) is 4.23. The summed E-state index contributed by atoms with van der Waals surface area (Å²) >= 11 is 7.12. The molecule has 0 aliphatic heterocycles. The highest BCUT2D eigenvalue weighted by atomic mass is 79.9. The van der Waals surface area contributed by atoms with Crippen LogP contribution in [0.15, 0.2) is 43.4 Å². The topological polar surface area (TPSA) is 66.3 Å². The first kappa shape index (κ1) is 24.7. The predicted molar refractivity (Wildman–Crippen MR) is 138 cm³/mol. The summed E-state index contributed by atoms with van der Waals surface area (Å²) in [6.45, 7) is 6.54. The minimum Gasteiger partial charge on any atom is -0.494 e. The first-order valence-electron chi connectivity index (χ1n) is 11.0. The van der Waals surface area contributed by atoms with Gasteiger partial charge in [-0.1, -0.05) is 19.3 Å². The van der Waals surface area contributed by atoms with Crippen molar-refractivity contribution in [2.24, 2.45) is 10.2 Å². The van der Waals surface area contributed by atoms with Crippen LogP contribution in [0.4, 0.5) is 22.7 Å². The smallest absolute Gasteiger partial charge is 0.221 e. The van der Waals surface area contributed by atoms with Crippen LogP contribution in [-0.4, -0.2) is 25.6 Å². The van der Waals surface area contributed by atoms with Crippen LogP contribution >= 0.6 is 31.9 Å². The zero-order valence-corrected chi connectivity index (χ0v) is 22.2. The zero-order chi connectivity index (χ0) is 23.3. The number of rotatable bonds is 7. The van der Waals surface area contributed by atoms with Gasteiger partial charge in [-0.05, 0) is 82.3 Å². The number of hydrogen-bond donors (Lipinski definition) is 1. The van der Waals surface area contributed by atoms with E-state index in [9.17, 15) is 4.79 Å². The van der Waals surface area contributed by atoms with Gasteiger partial charge in [0.25, 0.3) is 0 Å². The van der Waals surface area contributed by atoms with Crippen molar-refractivity contribution in [1.82, 2.24) is 0 Å². The summed E-state index contributed by atoms with van der Waals surface area (Å²) in [6.07, 6.45) is 6.13. The number of aryl methyl sites for hydroxylation is 1. The van der Waals surface area contributed by atoms with Crippen molar-refractivity contribution in [2.75, 3.05) is 23.9 Å². The first-order valence-corrected chi connectivity index (χ1v) is 12.6. The molecule has 0 heterocycles. The summed E-state index contributed by atoms with van der Waals surface area (Å²) in [5.74, 6) is 0.568. The Morgan fingerprint density at radius 3 is 2.34 bits per heavy atom. The molecule has 0 bridgehead atoms. The van der Waals surface area contributed by atoms with Gasteiger partial charge in [0.2, 0.25) is 5.91 Å². The molecule has 1 saturated carbocycles. The lowest BCUT2D eigenvalue weighted by atomic mass is 9.93. The Bertz CT molecular complexity index is 981. The molecule has 1 aliphatic rings. The number of azo groups is 1. The van der Waals surface area contributed by atoms with Gasteiger partial charge in [-0.25, -0.2) is 0 Å². The van der Waals surface area contributed by atoms with E-state index in [1.165, 1.54) is 39.0 Å². The molecule has 8 heteroatoms. The zero-order valence-electron chi connectivity index (χ0n) is 19.0. The molecule has 1 fully saturated rings. The Morgan fingerprint density at radius 2 is 1.78 bits per heavy atom. The normalized spacial score (nSPS) is 14.6. The molecule has 1 N–H and O–H groups in total. The van der Waals surface area contributed by atoms with Crippen molar-refractivity contribution >= 4 is 60.5 Å². The monoisotopic (exact) mass is 564 g/mol. The summed E-state index contributed by atoms with van der Waals surface area (Å²) < 4.78 is 7.44. The number of nitrogens with zero attached hydrogens (tertiary/aromatic N) is 3. The number of benzene rings is 2. The highest BCUT2D eigenvalue weighted by molar-refractivity contribution is 9.11. The van der Waals surface area contributed by atoms with Crippen molar-refractivity contribution in [1.29, 1.82) is 0 Å². The van der Waals surface area contributed by atoms with Crippen molar-refractivity contribution in [3.63, 3.8) is 0 Å². The fraction of sp³-hybridized carbons (Fsp3) is 0.458. The van der Waals surface area contributed by atoms with Crippen LogP contribution in [0.25, 0.3) is 0 Å². The van der Waals surface area contributed by atoms with E-state index < -0.39 is 0 Å². The summed E-state index contributed by atoms with van der Waals surface area (Å²) in [7, 11) is 1.67. The number of anilines is 2. The maximum atomic E-state index is 11.9. The van der Waals surface area contributed by atoms with Crippen LogP contribution in [0.1, 0.15) is 51.5 Å². The Balaban J connectivity index is 2.05. The third-order valence-corrected chi connectivity index (χ3v) is 6.90. The van der Waals surface area contributed by atoms with Gasteiger partial charge < -0.3 is 15.0 Å². The van der Waals surface area contributed by atoms with Gasteiger partial charge in [-0.3, -0.25) is 4.79 Å². The lowest BCUT2D eigenvalue weighted by Gasteiger charge is -2.36. The average molecular weight is 566 g/mol. The molecule has 0 aromatic heterocycles. The molecule has 0 radical (unpaired) electrons. The lowest BCUT2D eigenvalue weighted by molar-refractivity contribution is -0.114. The summed E-state index contributed by atoms with van der Waals surface area (Å²) in [5, 5.41) is 11.9. The second-order valence-corrected chi connectivity index (χ2v) is 9.79. The molecule has 0 unspecified atom stereocenters. The van der Waals surface area contributed by atoms with Gasteiger partial charge in [0.1, 0.15) is 17.1 Å².